The van der Waals surface area contributed by atoms with Crippen LogP contribution in [0.15, 0.2) is 0 Å². The van der Waals surface area contributed by atoms with Gasteiger partial charge in [-0.1, -0.05) is 0 Å². The Hall–Kier alpha value is -0.170. The summed E-state index contributed by atoms with van der Waals surface area (Å²) in [5.41, 5.74) is 5.45. The minimum Gasteiger partial charge on any atom is -0.330 e. The minimum atomic E-state index is -3.23. The fourth-order valence-electron chi connectivity index (χ4n) is 1.64. The maximum Gasteiger partial charge on any atom is 0.279 e. The van der Waals surface area contributed by atoms with Crippen molar-refractivity contribution >= 4 is 10.2 Å². The average Bonchev–Trinajstić information content (AvgIpc) is 2.08. The smallest absolute Gasteiger partial charge is 0.279 e. The van der Waals surface area contributed by atoms with Gasteiger partial charge in [-0.05, 0) is 32.7 Å². The van der Waals surface area contributed by atoms with Crippen LogP contribution < -0.4 is 10.5 Å². The standard InChI is InChI=1S/C8H19N3O2S/c1-7(2)11-6-8(3-4-9)5-10-14(11,12)13/h7-8,10H,3-6,9H2,1-2H3. The van der Waals surface area contributed by atoms with Crippen molar-refractivity contribution in [2.24, 2.45) is 11.7 Å². The number of hydrogen-bond donors (Lipinski definition) is 2. The van der Waals surface area contributed by atoms with Gasteiger partial charge < -0.3 is 5.73 Å². The Balaban J connectivity index is 2.68. The Kier molecular flexibility index (Phi) is 3.88. The third kappa shape index (κ3) is 2.66. The minimum absolute atomic E-state index is 0.00748. The lowest BCUT2D eigenvalue weighted by atomic mass is 10.1. The van der Waals surface area contributed by atoms with Gasteiger partial charge in [-0.15, -0.1) is 0 Å². The fraction of sp³-hybridized carbons (Fsp3) is 1.00. The molecule has 14 heavy (non-hydrogen) atoms. The van der Waals surface area contributed by atoms with Gasteiger partial charge in [-0.25, -0.2) is 4.72 Å². The van der Waals surface area contributed by atoms with E-state index in [0.717, 1.165) is 6.42 Å². The van der Waals surface area contributed by atoms with Crippen LogP contribution in [0, 0.1) is 5.92 Å². The monoisotopic (exact) mass is 221 g/mol. The van der Waals surface area contributed by atoms with Crippen LogP contribution >= 0.6 is 0 Å². The number of rotatable bonds is 3. The molecule has 1 saturated heterocycles. The van der Waals surface area contributed by atoms with Crippen LogP contribution in [-0.2, 0) is 10.2 Å². The number of nitrogens with zero attached hydrogens (tertiary/aromatic N) is 1. The van der Waals surface area contributed by atoms with E-state index < -0.39 is 10.2 Å². The molecule has 1 fully saturated rings. The SMILES string of the molecule is CC(C)N1CC(CCN)CNS1(=O)=O. The van der Waals surface area contributed by atoms with Crippen LogP contribution in [0.2, 0.25) is 0 Å². The Morgan fingerprint density at radius 2 is 2.21 bits per heavy atom. The van der Waals surface area contributed by atoms with Crippen molar-refractivity contribution in [3.05, 3.63) is 0 Å². The molecular formula is C8H19N3O2S. The molecule has 0 bridgehead atoms. The van der Waals surface area contributed by atoms with Gasteiger partial charge in [0.15, 0.2) is 0 Å². The zero-order valence-corrected chi connectivity index (χ0v) is 9.55. The summed E-state index contributed by atoms with van der Waals surface area (Å²) in [6.45, 7) is 5.47. The molecule has 1 atom stereocenters. The molecule has 1 heterocycles. The van der Waals surface area contributed by atoms with E-state index in [0.29, 0.717) is 25.6 Å². The highest BCUT2D eigenvalue weighted by atomic mass is 32.2. The maximum atomic E-state index is 11.6. The second kappa shape index (κ2) is 4.57. The molecule has 0 radical (unpaired) electrons. The van der Waals surface area contributed by atoms with Gasteiger partial charge >= 0.3 is 0 Å². The van der Waals surface area contributed by atoms with E-state index in [-0.39, 0.29) is 6.04 Å². The van der Waals surface area contributed by atoms with Crippen molar-refractivity contribution < 1.29 is 8.42 Å². The van der Waals surface area contributed by atoms with E-state index in [1.807, 2.05) is 13.8 Å². The number of hydrogen-bond acceptors (Lipinski definition) is 3. The highest BCUT2D eigenvalue weighted by Gasteiger charge is 2.32. The van der Waals surface area contributed by atoms with Crippen LogP contribution in [0.25, 0.3) is 0 Å². The van der Waals surface area contributed by atoms with E-state index in [4.69, 9.17) is 5.73 Å². The molecule has 0 spiro atoms. The zero-order chi connectivity index (χ0) is 10.8. The molecule has 1 unspecified atom stereocenters. The molecule has 1 aliphatic rings. The van der Waals surface area contributed by atoms with E-state index in [1.54, 1.807) is 0 Å². The lowest BCUT2D eigenvalue weighted by Gasteiger charge is -2.34. The normalized spacial score (nSPS) is 28.1. The number of nitrogens with two attached hydrogens (primary N) is 1. The summed E-state index contributed by atoms with van der Waals surface area (Å²) in [4.78, 5) is 0. The van der Waals surface area contributed by atoms with Crippen molar-refractivity contribution in [2.45, 2.75) is 26.3 Å². The van der Waals surface area contributed by atoms with Gasteiger partial charge in [0.1, 0.15) is 0 Å². The van der Waals surface area contributed by atoms with Crippen LogP contribution in [0.3, 0.4) is 0 Å². The van der Waals surface area contributed by atoms with Crippen molar-refractivity contribution in [1.29, 1.82) is 0 Å². The summed E-state index contributed by atoms with van der Waals surface area (Å²) < 4.78 is 27.2. The Morgan fingerprint density at radius 1 is 1.57 bits per heavy atom. The molecule has 3 N–H and O–H groups in total. The summed E-state index contributed by atoms with van der Waals surface area (Å²) in [6, 6.07) is 0.00748. The van der Waals surface area contributed by atoms with Crippen LogP contribution in [0.5, 0.6) is 0 Å². The molecule has 6 heteroatoms. The molecule has 1 aliphatic heterocycles. The van der Waals surface area contributed by atoms with E-state index in [2.05, 4.69) is 4.72 Å². The van der Waals surface area contributed by atoms with Gasteiger partial charge in [0.05, 0.1) is 0 Å². The summed E-state index contributed by atoms with van der Waals surface area (Å²) in [5.74, 6) is 0.339. The van der Waals surface area contributed by atoms with E-state index >= 15 is 0 Å². The van der Waals surface area contributed by atoms with Gasteiger partial charge in [-0.2, -0.15) is 12.7 Å². The van der Waals surface area contributed by atoms with Crippen LogP contribution in [-0.4, -0.2) is 38.4 Å². The molecule has 1 rings (SSSR count). The fourth-order valence-corrected chi connectivity index (χ4v) is 3.21. The highest BCUT2D eigenvalue weighted by Crippen LogP contribution is 2.16. The summed E-state index contributed by atoms with van der Waals surface area (Å²) in [5, 5.41) is 0. The first-order valence-corrected chi connectivity index (χ1v) is 6.38. The number of nitrogens with one attached hydrogen (secondary N) is 1. The van der Waals surface area contributed by atoms with E-state index in [1.165, 1.54) is 4.31 Å². The van der Waals surface area contributed by atoms with E-state index in [9.17, 15) is 8.42 Å². The lowest BCUT2D eigenvalue weighted by Crippen LogP contribution is -2.54. The zero-order valence-electron chi connectivity index (χ0n) is 8.73. The first-order valence-electron chi connectivity index (χ1n) is 4.94. The predicted octanol–water partition coefficient (Wildman–Crippen LogP) is -0.490. The van der Waals surface area contributed by atoms with Gasteiger partial charge in [0.2, 0.25) is 0 Å². The topological polar surface area (TPSA) is 75.4 Å². The average molecular weight is 221 g/mol. The van der Waals surface area contributed by atoms with Crippen molar-refractivity contribution in [2.75, 3.05) is 19.6 Å². The Morgan fingerprint density at radius 3 is 2.71 bits per heavy atom. The molecule has 84 valence electrons. The van der Waals surface area contributed by atoms with Gasteiger partial charge in [-0.3, -0.25) is 0 Å². The molecule has 5 nitrogen and oxygen atoms in total. The quantitative estimate of drug-likeness (QED) is 0.675. The first-order chi connectivity index (χ1) is 6.47. The van der Waals surface area contributed by atoms with Crippen LogP contribution in [0.4, 0.5) is 0 Å². The maximum absolute atomic E-state index is 11.6. The predicted molar refractivity (Wildman–Crippen MR) is 55.9 cm³/mol. The second-order valence-electron chi connectivity index (χ2n) is 3.96. The molecular weight excluding hydrogens is 202 g/mol. The Labute approximate surface area is 85.8 Å². The van der Waals surface area contributed by atoms with Crippen molar-refractivity contribution in [3.63, 3.8) is 0 Å². The highest BCUT2D eigenvalue weighted by molar-refractivity contribution is 7.87. The molecule has 0 aromatic carbocycles. The molecule has 0 aromatic heterocycles. The Bertz CT molecular complexity index is 276. The van der Waals surface area contributed by atoms with Gasteiger partial charge in [0, 0.05) is 19.1 Å². The third-order valence-electron chi connectivity index (χ3n) is 2.45. The molecule has 0 amide bonds. The van der Waals surface area contributed by atoms with Gasteiger partial charge in [0.25, 0.3) is 10.2 Å². The molecule has 0 aliphatic carbocycles. The van der Waals surface area contributed by atoms with Crippen molar-refractivity contribution in [3.8, 4) is 0 Å². The first kappa shape index (κ1) is 11.9. The molecule has 0 aromatic rings. The largest absolute Gasteiger partial charge is 0.330 e. The van der Waals surface area contributed by atoms with Crippen molar-refractivity contribution in [1.82, 2.24) is 9.03 Å². The lowest BCUT2D eigenvalue weighted by molar-refractivity contribution is 0.264. The molecule has 0 saturated carbocycles. The summed E-state index contributed by atoms with van der Waals surface area (Å²) in [6.07, 6.45) is 0.867. The second-order valence-corrected chi connectivity index (χ2v) is 5.67. The third-order valence-corrected chi connectivity index (χ3v) is 4.17. The van der Waals surface area contributed by atoms with Crippen LogP contribution in [0.1, 0.15) is 20.3 Å². The summed E-state index contributed by atoms with van der Waals surface area (Å²) in [7, 11) is -3.23. The summed E-state index contributed by atoms with van der Waals surface area (Å²) >= 11 is 0.